The van der Waals surface area contributed by atoms with Gasteiger partial charge in [-0.1, -0.05) is 19.8 Å². The minimum atomic E-state index is -1.11. The maximum Gasteiger partial charge on any atom is 0.335 e. The van der Waals surface area contributed by atoms with E-state index in [2.05, 4.69) is 6.92 Å². The van der Waals surface area contributed by atoms with Crippen molar-refractivity contribution in [1.29, 1.82) is 0 Å². The average molecular weight is 239 g/mol. The second-order valence-corrected chi connectivity index (χ2v) is 4.10. The molecule has 0 spiro atoms. The van der Waals surface area contributed by atoms with E-state index in [1.807, 2.05) is 11.9 Å². The molecule has 0 aliphatic carbocycles. The van der Waals surface area contributed by atoms with E-state index < -0.39 is 11.8 Å². The molecule has 0 heterocycles. The molecule has 1 rings (SSSR count). The first-order valence-electron chi connectivity index (χ1n) is 5.80. The number of carboxylic acid groups (broad SMARTS) is 1. The van der Waals surface area contributed by atoms with Gasteiger partial charge in [0.2, 0.25) is 0 Å². The van der Waals surface area contributed by atoms with E-state index >= 15 is 0 Å². The first-order valence-corrected chi connectivity index (χ1v) is 5.80. The zero-order valence-electron chi connectivity index (χ0n) is 10.2. The van der Waals surface area contributed by atoms with Crippen molar-refractivity contribution in [2.24, 2.45) is 0 Å². The molecule has 1 N–H and O–H groups in total. The number of nitrogens with zero attached hydrogens (tertiary/aromatic N) is 1. The number of carboxylic acids is 1. The number of anilines is 1. The van der Waals surface area contributed by atoms with Crippen LogP contribution in [0, 0.1) is 5.82 Å². The monoisotopic (exact) mass is 239 g/mol. The van der Waals surface area contributed by atoms with Crippen molar-refractivity contribution in [2.75, 3.05) is 18.5 Å². The quantitative estimate of drug-likeness (QED) is 0.775. The highest BCUT2D eigenvalue weighted by Gasteiger charge is 2.10. The second kappa shape index (κ2) is 6.23. The summed E-state index contributed by atoms with van der Waals surface area (Å²) in [6.45, 7) is 2.89. The molecule has 1 aromatic rings. The summed E-state index contributed by atoms with van der Waals surface area (Å²) in [4.78, 5) is 12.5. The third-order valence-corrected chi connectivity index (χ3v) is 2.70. The largest absolute Gasteiger partial charge is 0.478 e. The Morgan fingerprint density at radius 3 is 2.65 bits per heavy atom. The second-order valence-electron chi connectivity index (χ2n) is 4.10. The average Bonchev–Trinajstić information content (AvgIpc) is 2.28. The van der Waals surface area contributed by atoms with Gasteiger partial charge in [-0.05, 0) is 24.6 Å². The van der Waals surface area contributed by atoms with Gasteiger partial charge < -0.3 is 10.0 Å². The Morgan fingerprint density at radius 2 is 2.12 bits per heavy atom. The van der Waals surface area contributed by atoms with Gasteiger partial charge in [0.15, 0.2) is 0 Å². The summed E-state index contributed by atoms with van der Waals surface area (Å²) in [7, 11) is 1.81. The molecule has 94 valence electrons. The summed E-state index contributed by atoms with van der Waals surface area (Å²) in [6.07, 6.45) is 3.24. The Kier molecular flexibility index (Phi) is 4.94. The fourth-order valence-corrected chi connectivity index (χ4v) is 1.67. The van der Waals surface area contributed by atoms with Crippen LogP contribution in [0.2, 0.25) is 0 Å². The normalized spacial score (nSPS) is 10.3. The number of hydrogen-bond donors (Lipinski definition) is 1. The van der Waals surface area contributed by atoms with E-state index in [4.69, 9.17) is 5.11 Å². The molecule has 0 amide bonds. The maximum absolute atomic E-state index is 13.7. The summed E-state index contributed by atoms with van der Waals surface area (Å²) < 4.78 is 13.7. The number of carbonyl (C=O) groups is 1. The molecular weight excluding hydrogens is 221 g/mol. The molecule has 0 saturated carbocycles. The molecule has 0 atom stereocenters. The topological polar surface area (TPSA) is 40.5 Å². The summed E-state index contributed by atoms with van der Waals surface area (Å²) >= 11 is 0. The van der Waals surface area contributed by atoms with E-state index in [1.165, 1.54) is 12.1 Å². The van der Waals surface area contributed by atoms with Crippen LogP contribution >= 0.6 is 0 Å². The Hall–Kier alpha value is -1.58. The van der Waals surface area contributed by atoms with Crippen LogP contribution < -0.4 is 4.90 Å². The summed E-state index contributed by atoms with van der Waals surface area (Å²) in [5.41, 5.74) is 0.430. The van der Waals surface area contributed by atoms with Crippen LogP contribution in [0.4, 0.5) is 10.1 Å². The number of aromatic carboxylic acids is 1. The van der Waals surface area contributed by atoms with E-state index in [1.54, 1.807) is 0 Å². The Balaban J connectivity index is 2.74. The predicted octanol–water partition coefficient (Wildman–Crippen LogP) is 3.15. The summed E-state index contributed by atoms with van der Waals surface area (Å²) in [5.74, 6) is -1.59. The van der Waals surface area contributed by atoms with Crippen LogP contribution in [0.3, 0.4) is 0 Å². The molecule has 0 aromatic heterocycles. The van der Waals surface area contributed by atoms with Gasteiger partial charge in [-0.2, -0.15) is 0 Å². The van der Waals surface area contributed by atoms with Crippen molar-refractivity contribution >= 4 is 11.7 Å². The van der Waals surface area contributed by atoms with Gasteiger partial charge in [-0.3, -0.25) is 0 Å². The molecule has 3 nitrogen and oxygen atoms in total. The minimum absolute atomic E-state index is 0.0202. The van der Waals surface area contributed by atoms with Crippen LogP contribution in [-0.4, -0.2) is 24.7 Å². The van der Waals surface area contributed by atoms with E-state index in [0.717, 1.165) is 31.9 Å². The number of unbranched alkanes of at least 4 members (excludes halogenated alkanes) is 2. The zero-order chi connectivity index (χ0) is 12.8. The van der Waals surface area contributed by atoms with E-state index in [0.29, 0.717) is 5.69 Å². The molecule has 1 aromatic carbocycles. The SMILES string of the molecule is CCCCCN(C)c1ccc(C(=O)O)cc1F. The Morgan fingerprint density at radius 1 is 1.41 bits per heavy atom. The molecule has 0 aliphatic heterocycles. The van der Waals surface area contributed by atoms with Gasteiger partial charge >= 0.3 is 5.97 Å². The standard InChI is InChI=1S/C13H18FNO2/c1-3-4-5-8-15(2)12-7-6-10(13(16)17)9-11(12)14/h6-7,9H,3-5,8H2,1-2H3,(H,16,17). The predicted molar refractivity (Wildman–Crippen MR) is 66.2 cm³/mol. The Labute approximate surface area is 101 Å². The van der Waals surface area contributed by atoms with Crippen molar-refractivity contribution in [2.45, 2.75) is 26.2 Å². The lowest BCUT2D eigenvalue weighted by molar-refractivity contribution is 0.0696. The number of hydrogen-bond acceptors (Lipinski definition) is 2. The Bertz CT molecular complexity index is 393. The highest BCUT2D eigenvalue weighted by Crippen LogP contribution is 2.20. The first-order chi connectivity index (χ1) is 8.06. The number of halogens is 1. The molecule has 0 aliphatic rings. The van der Waals surface area contributed by atoms with Crippen LogP contribution in [-0.2, 0) is 0 Å². The number of benzene rings is 1. The molecule has 0 saturated heterocycles. The molecule has 0 fully saturated rings. The highest BCUT2D eigenvalue weighted by molar-refractivity contribution is 5.88. The van der Waals surface area contributed by atoms with Crippen molar-refractivity contribution in [1.82, 2.24) is 0 Å². The van der Waals surface area contributed by atoms with Crippen LogP contribution in [0.15, 0.2) is 18.2 Å². The lowest BCUT2D eigenvalue weighted by Crippen LogP contribution is -2.19. The third kappa shape index (κ3) is 3.73. The highest BCUT2D eigenvalue weighted by atomic mass is 19.1. The summed E-state index contributed by atoms with van der Waals surface area (Å²) in [6, 6.07) is 4.01. The smallest absolute Gasteiger partial charge is 0.335 e. The zero-order valence-corrected chi connectivity index (χ0v) is 10.2. The first kappa shape index (κ1) is 13.5. The van der Waals surface area contributed by atoms with Crippen molar-refractivity contribution in [3.8, 4) is 0 Å². The molecule has 4 heteroatoms. The third-order valence-electron chi connectivity index (χ3n) is 2.70. The van der Waals surface area contributed by atoms with Crippen molar-refractivity contribution in [3.63, 3.8) is 0 Å². The van der Waals surface area contributed by atoms with Gasteiger partial charge in [0, 0.05) is 13.6 Å². The molecule has 17 heavy (non-hydrogen) atoms. The van der Waals surface area contributed by atoms with Crippen molar-refractivity contribution in [3.05, 3.63) is 29.6 Å². The van der Waals surface area contributed by atoms with E-state index in [9.17, 15) is 9.18 Å². The molecule has 0 bridgehead atoms. The maximum atomic E-state index is 13.7. The fourth-order valence-electron chi connectivity index (χ4n) is 1.67. The van der Waals surface area contributed by atoms with Gasteiger partial charge in [-0.25, -0.2) is 9.18 Å². The van der Waals surface area contributed by atoms with Crippen LogP contribution in [0.1, 0.15) is 36.5 Å². The summed E-state index contributed by atoms with van der Waals surface area (Å²) in [5, 5.41) is 8.73. The van der Waals surface area contributed by atoms with E-state index in [-0.39, 0.29) is 5.56 Å². The number of rotatable bonds is 6. The molecular formula is C13H18FNO2. The van der Waals surface area contributed by atoms with Crippen LogP contribution in [0.5, 0.6) is 0 Å². The van der Waals surface area contributed by atoms with Gasteiger partial charge in [-0.15, -0.1) is 0 Å². The molecule has 0 unspecified atom stereocenters. The lowest BCUT2D eigenvalue weighted by atomic mass is 10.1. The van der Waals surface area contributed by atoms with Gasteiger partial charge in [0.25, 0.3) is 0 Å². The fraction of sp³-hybridized carbons (Fsp3) is 0.462. The minimum Gasteiger partial charge on any atom is -0.478 e. The van der Waals surface area contributed by atoms with Gasteiger partial charge in [0.1, 0.15) is 5.82 Å². The van der Waals surface area contributed by atoms with Gasteiger partial charge in [0.05, 0.1) is 11.3 Å². The van der Waals surface area contributed by atoms with Crippen LogP contribution in [0.25, 0.3) is 0 Å². The van der Waals surface area contributed by atoms with Crippen molar-refractivity contribution < 1.29 is 14.3 Å². The molecule has 0 radical (unpaired) electrons. The lowest BCUT2D eigenvalue weighted by Gasteiger charge is -2.19.